The molecule has 0 spiro atoms. The molecular weight excluding hydrogens is 319 g/mol. The number of carbonyl (C=O) groups is 3. The summed E-state index contributed by atoms with van der Waals surface area (Å²) >= 11 is 0. The van der Waals surface area contributed by atoms with Crippen LogP contribution in [0.1, 0.15) is 6.42 Å². The molecule has 128 valence electrons. The van der Waals surface area contributed by atoms with E-state index in [0.29, 0.717) is 0 Å². The van der Waals surface area contributed by atoms with Gasteiger partial charge in [-0.05, 0) is 12.1 Å². The van der Waals surface area contributed by atoms with Crippen molar-refractivity contribution in [3.63, 3.8) is 0 Å². The Morgan fingerprint density at radius 2 is 2.04 bits per heavy atom. The van der Waals surface area contributed by atoms with Crippen LogP contribution in [0.25, 0.3) is 0 Å². The molecule has 1 aromatic rings. The second-order valence-corrected chi connectivity index (χ2v) is 5.82. The highest BCUT2D eigenvalue weighted by Gasteiger charge is 2.42. The first-order valence-corrected chi connectivity index (χ1v) is 7.65. The van der Waals surface area contributed by atoms with Gasteiger partial charge in [-0.3, -0.25) is 9.59 Å². The topological polar surface area (TPSA) is 87.1 Å². The van der Waals surface area contributed by atoms with Crippen molar-refractivity contribution in [3.8, 4) is 0 Å². The van der Waals surface area contributed by atoms with Gasteiger partial charge in [-0.1, -0.05) is 12.1 Å². The number of amides is 2. The van der Waals surface area contributed by atoms with Crippen LogP contribution in [0.15, 0.2) is 24.3 Å². The highest BCUT2D eigenvalue weighted by atomic mass is 19.1. The predicted molar refractivity (Wildman–Crippen MR) is 80.8 cm³/mol. The van der Waals surface area contributed by atoms with E-state index in [4.69, 9.17) is 4.74 Å². The highest BCUT2D eigenvalue weighted by Crippen LogP contribution is 2.29. The minimum atomic E-state index is -1.14. The average molecular weight is 336 g/mol. The van der Waals surface area contributed by atoms with Gasteiger partial charge >= 0.3 is 5.97 Å². The molecule has 1 N–H and O–H groups in total. The van der Waals surface area contributed by atoms with E-state index in [9.17, 15) is 23.9 Å². The molecule has 0 saturated carbocycles. The molecule has 0 radical (unpaired) electrons. The van der Waals surface area contributed by atoms with Crippen molar-refractivity contribution in [1.82, 2.24) is 4.90 Å². The van der Waals surface area contributed by atoms with Crippen LogP contribution in [0.3, 0.4) is 0 Å². The maximum atomic E-state index is 13.9. The lowest BCUT2D eigenvalue weighted by Gasteiger charge is -2.34. The van der Waals surface area contributed by atoms with E-state index in [1.807, 2.05) is 0 Å². The minimum absolute atomic E-state index is 0.0439. The van der Waals surface area contributed by atoms with Gasteiger partial charge in [-0.2, -0.15) is 0 Å². The summed E-state index contributed by atoms with van der Waals surface area (Å²) < 4.78 is 19.0. The number of hydrogen-bond donors (Lipinski definition) is 1. The predicted octanol–water partition coefficient (Wildman–Crippen LogP) is 0.491. The SMILES string of the molecule is O=C(O)C1COCCN1C(=O)C1CC(=O)N(c2ccccc2F)C1. The fourth-order valence-corrected chi connectivity index (χ4v) is 3.08. The summed E-state index contributed by atoms with van der Waals surface area (Å²) in [5.74, 6) is -3.11. The van der Waals surface area contributed by atoms with E-state index in [2.05, 4.69) is 0 Å². The Balaban J connectivity index is 1.76. The zero-order valence-corrected chi connectivity index (χ0v) is 12.9. The molecule has 2 aliphatic heterocycles. The van der Waals surface area contributed by atoms with E-state index >= 15 is 0 Å². The number of carboxylic acid groups (broad SMARTS) is 1. The summed E-state index contributed by atoms with van der Waals surface area (Å²) in [6.45, 7) is 0.397. The van der Waals surface area contributed by atoms with Gasteiger partial charge in [-0.15, -0.1) is 0 Å². The molecule has 3 rings (SSSR count). The molecule has 8 heteroatoms. The maximum Gasteiger partial charge on any atom is 0.328 e. The Hall–Kier alpha value is -2.48. The van der Waals surface area contributed by atoms with Crippen LogP contribution in [0.2, 0.25) is 0 Å². The third-order valence-corrected chi connectivity index (χ3v) is 4.31. The fraction of sp³-hybridized carbons (Fsp3) is 0.438. The Bertz CT molecular complexity index is 680. The Labute approximate surface area is 137 Å². The van der Waals surface area contributed by atoms with Gasteiger partial charge in [0.05, 0.1) is 24.8 Å². The van der Waals surface area contributed by atoms with Crippen molar-refractivity contribution < 1.29 is 28.6 Å². The summed E-state index contributed by atoms with van der Waals surface area (Å²) in [6, 6.07) is 4.81. The molecule has 1 aromatic carbocycles. The number of benzene rings is 1. The molecule has 0 aromatic heterocycles. The van der Waals surface area contributed by atoms with E-state index in [1.165, 1.54) is 28.0 Å². The molecule has 2 heterocycles. The first-order chi connectivity index (χ1) is 11.5. The number of ether oxygens (including phenoxy) is 1. The molecule has 2 atom stereocenters. The number of rotatable bonds is 3. The number of hydrogen-bond acceptors (Lipinski definition) is 4. The lowest BCUT2D eigenvalue weighted by Crippen LogP contribution is -2.54. The quantitative estimate of drug-likeness (QED) is 0.868. The number of morpholine rings is 1. The summed E-state index contributed by atoms with van der Waals surface area (Å²) in [5, 5.41) is 9.22. The summed E-state index contributed by atoms with van der Waals surface area (Å²) in [5.41, 5.74) is 0.134. The Kier molecular flexibility index (Phi) is 4.48. The van der Waals surface area contributed by atoms with Crippen LogP contribution >= 0.6 is 0 Å². The third kappa shape index (κ3) is 2.96. The normalized spacial score (nSPS) is 24.3. The van der Waals surface area contributed by atoms with Crippen LogP contribution in [0.4, 0.5) is 10.1 Å². The van der Waals surface area contributed by atoms with Crippen molar-refractivity contribution in [2.24, 2.45) is 5.92 Å². The van der Waals surface area contributed by atoms with Crippen molar-refractivity contribution in [3.05, 3.63) is 30.1 Å². The minimum Gasteiger partial charge on any atom is -0.480 e. The largest absolute Gasteiger partial charge is 0.480 e. The van der Waals surface area contributed by atoms with Crippen LogP contribution in [0, 0.1) is 11.7 Å². The molecule has 2 unspecified atom stereocenters. The number of nitrogens with zero attached hydrogens (tertiary/aromatic N) is 2. The summed E-state index contributed by atoms with van der Waals surface area (Å²) in [6.07, 6.45) is -0.0587. The van der Waals surface area contributed by atoms with Gasteiger partial charge < -0.3 is 19.6 Å². The molecule has 0 aliphatic carbocycles. The zero-order chi connectivity index (χ0) is 17.3. The second-order valence-electron chi connectivity index (χ2n) is 5.82. The number of halogens is 1. The van der Waals surface area contributed by atoms with Crippen LogP contribution < -0.4 is 4.90 Å². The zero-order valence-electron chi connectivity index (χ0n) is 12.9. The molecule has 24 heavy (non-hydrogen) atoms. The molecule has 0 bridgehead atoms. The van der Waals surface area contributed by atoms with Gasteiger partial charge in [0.25, 0.3) is 0 Å². The first-order valence-electron chi connectivity index (χ1n) is 7.65. The van der Waals surface area contributed by atoms with Crippen molar-refractivity contribution in [1.29, 1.82) is 0 Å². The van der Waals surface area contributed by atoms with E-state index in [1.54, 1.807) is 6.07 Å². The van der Waals surface area contributed by atoms with Crippen molar-refractivity contribution >= 4 is 23.5 Å². The molecule has 2 saturated heterocycles. The fourth-order valence-electron chi connectivity index (χ4n) is 3.08. The summed E-state index contributed by atoms with van der Waals surface area (Å²) in [4.78, 5) is 38.6. The monoisotopic (exact) mass is 336 g/mol. The number of anilines is 1. The molecule has 2 aliphatic rings. The van der Waals surface area contributed by atoms with Crippen LogP contribution in [-0.2, 0) is 19.1 Å². The number of carbonyl (C=O) groups excluding carboxylic acids is 2. The second kappa shape index (κ2) is 6.56. The summed E-state index contributed by atoms with van der Waals surface area (Å²) in [7, 11) is 0. The van der Waals surface area contributed by atoms with Crippen molar-refractivity contribution in [2.75, 3.05) is 31.2 Å². The van der Waals surface area contributed by atoms with E-state index in [0.717, 1.165) is 0 Å². The first kappa shape index (κ1) is 16.4. The smallest absolute Gasteiger partial charge is 0.328 e. The Morgan fingerprint density at radius 3 is 2.75 bits per heavy atom. The maximum absolute atomic E-state index is 13.9. The lowest BCUT2D eigenvalue weighted by molar-refractivity contribution is -0.160. The van der Waals surface area contributed by atoms with Gasteiger partial charge in [0.15, 0.2) is 6.04 Å². The van der Waals surface area contributed by atoms with E-state index in [-0.39, 0.29) is 44.3 Å². The lowest BCUT2D eigenvalue weighted by atomic mass is 10.1. The Morgan fingerprint density at radius 1 is 1.29 bits per heavy atom. The van der Waals surface area contributed by atoms with E-state index < -0.39 is 29.7 Å². The standard InChI is InChI=1S/C16H17FN2O5/c17-11-3-1-2-4-12(11)19-8-10(7-14(19)20)15(21)18-5-6-24-9-13(18)16(22)23/h1-4,10,13H,5-9H2,(H,22,23). The van der Waals surface area contributed by atoms with Crippen molar-refractivity contribution in [2.45, 2.75) is 12.5 Å². The number of para-hydroxylation sites is 1. The van der Waals surface area contributed by atoms with Gasteiger partial charge in [0, 0.05) is 19.5 Å². The van der Waals surface area contributed by atoms with Crippen LogP contribution in [-0.4, -0.2) is 60.1 Å². The highest BCUT2D eigenvalue weighted by molar-refractivity contribution is 6.01. The molecular formula is C16H17FN2O5. The van der Waals surface area contributed by atoms with Gasteiger partial charge in [0.2, 0.25) is 11.8 Å². The average Bonchev–Trinajstić information content (AvgIpc) is 2.96. The third-order valence-electron chi connectivity index (χ3n) is 4.31. The van der Waals surface area contributed by atoms with Gasteiger partial charge in [0.1, 0.15) is 5.82 Å². The molecule has 2 amide bonds. The number of carboxylic acids is 1. The van der Waals surface area contributed by atoms with Crippen LogP contribution in [0.5, 0.6) is 0 Å². The molecule has 7 nitrogen and oxygen atoms in total. The number of aliphatic carboxylic acids is 1. The molecule has 2 fully saturated rings. The van der Waals surface area contributed by atoms with Gasteiger partial charge in [-0.25, -0.2) is 9.18 Å².